The molecule has 0 radical (unpaired) electrons. The predicted molar refractivity (Wildman–Crippen MR) is 88.0 cm³/mol. The summed E-state index contributed by atoms with van der Waals surface area (Å²) in [7, 11) is 0. The second-order valence-electron chi connectivity index (χ2n) is 5.07. The zero-order valence-electron chi connectivity index (χ0n) is 13.6. The maximum absolute atomic E-state index is 12.1. The largest absolute Gasteiger partial charge is 0.450 e. The lowest BCUT2D eigenvalue weighted by molar-refractivity contribution is -0.117. The summed E-state index contributed by atoms with van der Waals surface area (Å²) >= 11 is 0. The van der Waals surface area contributed by atoms with Crippen molar-refractivity contribution in [3.8, 4) is 0 Å². The fourth-order valence-corrected chi connectivity index (χ4v) is 2.15. The monoisotopic (exact) mass is 344 g/mol. The number of rotatable bonds is 5. The summed E-state index contributed by atoms with van der Waals surface area (Å²) in [5.41, 5.74) is 1.89. The van der Waals surface area contributed by atoms with Gasteiger partial charge in [-0.15, -0.1) is 5.10 Å². The maximum Gasteiger partial charge on any atom is 0.412 e. The van der Waals surface area contributed by atoms with Gasteiger partial charge in [-0.25, -0.2) is 9.78 Å². The highest BCUT2D eigenvalue weighted by molar-refractivity contribution is 5.92. The van der Waals surface area contributed by atoms with Gasteiger partial charge in [0.25, 0.3) is 0 Å². The van der Waals surface area contributed by atoms with Crippen molar-refractivity contribution in [1.82, 2.24) is 20.0 Å². The number of aromatic nitrogens is 4. The Morgan fingerprint density at radius 3 is 2.96 bits per heavy atom. The minimum absolute atomic E-state index is 0.113. The minimum atomic E-state index is -0.630. The van der Waals surface area contributed by atoms with E-state index in [1.165, 1.54) is 6.20 Å². The summed E-state index contributed by atoms with van der Waals surface area (Å²) in [6.45, 7) is 3.58. The Bertz CT molecular complexity index is 916. The molecular formula is C15H16N6O4. The van der Waals surface area contributed by atoms with Gasteiger partial charge in [0, 0.05) is 18.7 Å². The molecule has 2 heterocycles. The molecule has 0 aliphatic rings. The van der Waals surface area contributed by atoms with Crippen molar-refractivity contribution >= 4 is 34.6 Å². The molecule has 130 valence electrons. The van der Waals surface area contributed by atoms with Crippen molar-refractivity contribution in [2.45, 2.75) is 20.4 Å². The molecule has 10 nitrogen and oxygen atoms in total. The van der Waals surface area contributed by atoms with Crippen LogP contribution in [0.5, 0.6) is 0 Å². The lowest BCUT2D eigenvalue weighted by Crippen LogP contribution is -2.20. The number of amides is 2. The third-order valence-corrected chi connectivity index (χ3v) is 3.11. The van der Waals surface area contributed by atoms with E-state index in [0.29, 0.717) is 17.2 Å². The van der Waals surface area contributed by atoms with E-state index in [-0.39, 0.29) is 24.9 Å². The van der Waals surface area contributed by atoms with Crippen LogP contribution in [-0.2, 0) is 16.1 Å². The maximum atomic E-state index is 12.1. The van der Waals surface area contributed by atoms with E-state index in [1.807, 2.05) is 0 Å². The van der Waals surface area contributed by atoms with Crippen LogP contribution in [0.1, 0.15) is 12.8 Å². The molecule has 1 aromatic carbocycles. The molecule has 2 aromatic heterocycles. The van der Waals surface area contributed by atoms with Crippen molar-refractivity contribution in [1.29, 1.82) is 0 Å². The van der Waals surface area contributed by atoms with E-state index in [0.717, 1.165) is 10.3 Å². The molecule has 10 heteroatoms. The molecule has 0 atom stereocenters. The number of carbonyl (C=O) groups is 2. The number of nitrogens with zero attached hydrogens (tertiary/aromatic N) is 4. The van der Waals surface area contributed by atoms with Gasteiger partial charge >= 0.3 is 6.09 Å². The second kappa shape index (κ2) is 6.99. The van der Waals surface area contributed by atoms with E-state index in [1.54, 1.807) is 32.0 Å². The first-order chi connectivity index (χ1) is 12.0. The highest BCUT2D eigenvalue weighted by atomic mass is 16.5. The number of nitrogens with one attached hydrogen (secondary N) is 2. The van der Waals surface area contributed by atoms with E-state index < -0.39 is 6.09 Å². The Labute approximate surface area is 142 Å². The van der Waals surface area contributed by atoms with Gasteiger partial charge in [0.2, 0.25) is 5.91 Å². The summed E-state index contributed by atoms with van der Waals surface area (Å²) in [5, 5.41) is 13.0. The number of fused-ring (bicyclic) bond motifs is 1. The number of hydrogen-bond donors (Lipinski definition) is 2. The molecule has 0 fully saturated rings. The van der Waals surface area contributed by atoms with Gasteiger partial charge in [0.05, 0.1) is 12.8 Å². The minimum Gasteiger partial charge on any atom is -0.450 e. The number of oxazole rings is 1. The van der Waals surface area contributed by atoms with Crippen molar-refractivity contribution in [3.63, 3.8) is 0 Å². The number of hydrogen-bond acceptors (Lipinski definition) is 7. The quantitative estimate of drug-likeness (QED) is 0.724. The van der Waals surface area contributed by atoms with E-state index >= 15 is 0 Å². The lowest BCUT2D eigenvalue weighted by atomic mass is 10.3. The van der Waals surface area contributed by atoms with Crippen LogP contribution in [0, 0.1) is 6.92 Å². The SMILES string of the molecule is CCOC(=O)Nc1cnn(CC(=O)Nc2ccc3nc(C)oc3c2)n1. The summed E-state index contributed by atoms with van der Waals surface area (Å²) in [4.78, 5) is 28.7. The van der Waals surface area contributed by atoms with Gasteiger partial charge in [-0.3, -0.25) is 10.1 Å². The zero-order valence-corrected chi connectivity index (χ0v) is 13.6. The first kappa shape index (κ1) is 16.4. The first-order valence-corrected chi connectivity index (χ1v) is 7.54. The van der Waals surface area contributed by atoms with Crippen molar-refractivity contribution < 1.29 is 18.7 Å². The standard InChI is InChI=1S/C15H16N6O4/c1-3-24-15(23)19-13-7-16-21(20-13)8-14(22)18-10-4-5-11-12(6-10)25-9(2)17-11/h4-7H,3,8H2,1-2H3,(H,18,22)(H,19,20,23). The van der Waals surface area contributed by atoms with Crippen LogP contribution in [0.3, 0.4) is 0 Å². The van der Waals surface area contributed by atoms with Crippen LogP contribution >= 0.6 is 0 Å². The van der Waals surface area contributed by atoms with Gasteiger partial charge in [0.1, 0.15) is 12.1 Å². The third kappa shape index (κ3) is 4.10. The molecule has 3 aromatic rings. The van der Waals surface area contributed by atoms with Gasteiger partial charge < -0.3 is 14.5 Å². The van der Waals surface area contributed by atoms with Crippen LogP contribution in [0.15, 0.2) is 28.8 Å². The molecule has 3 rings (SSSR count). The van der Waals surface area contributed by atoms with Gasteiger partial charge in [-0.05, 0) is 19.1 Å². The summed E-state index contributed by atoms with van der Waals surface area (Å²) in [6.07, 6.45) is 0.697. The molecule has 25 heavy (non-hydrogen) atoms. The highest BCUT2D eigenvalue weighted by Crippen LogP contribution is 2.19. The molecule has 0 saturated heterocycles. The number of aryl methyl sites for hydroxylation is 1. The normalized spacial score (nSPS) is 10.6. The summed E-state index contributed by atoms with van der Waals surface area (Å²) < 4.78 is 10.2. The van der Waals surface area contributed by atoms with E-state index in [9.17, 15) is 9.59 Å². The summed E-state index contributed by atoms with van der Waals surface area (Å²) in [6, 6.07) is 5.18. The average molecular weight is 344 g/mol. The fraction of sp³-hybridized carbons (Fsp3) is 0.267. The third-order valence-electron chi connectivity index (χ3n) is 3.11. The number of carbonyl (C=O) groups excluding carboxylic acids is 2. The van der Waals surface area contributed by atoms with Crippen molar-refractivity contribution in [2.75, 3.05) is 17.2 Å². The Morgan fingerprint density at radius 2 is 2.16 bits per heavy atom. The zero-order chi connectivity index (χ0) is 17.8. The lowest BCUT2D eigenvalue weighted by Gasteiger charge is -2.04. The molecular weight excluding hydrogens is 328 g/mol. The predicted octanol–water partition coefficient (Wildman–Crippen LogP) is 1.93. The van der Waals surface area contributed by atoms with Gasteiger partial charge in [-0.1, -0.05) is 0 Å². The van der Waals surface area contributed by atoms with Crippen LogP contribution < -0.4 is 10.6 Å². The van der Waals surface area contributed by atoms with Gasteiger partial charge in [0.15, 0.2) is 17.3 Å². The van der Waals surface area contributed by atoms with Crippen LogP contribution in [0.25, 0.3) is 11.1 Å². The Balaban J connectivity index is 1.60. The Kier molecular flexibility index (Phi) is 4.59. The second-order valence-corrected chi connectivity index (χ2v) is 5.07. The smallest absolute Gasteiger partial charge is 0.412 e. The van der Waals surface area contributed by atoms with Crippen LogP contribution in [0.4, 0.5) is 16.3 Å². The average Bonchev–Trinajstić information content (AvgIpc) is 3.12. The van der Waals surface area contributed by atoms with Crippen molar-refractivity contribution in [2.24, 2.45) is 0 Å². The molecule has 0 saturated carbocycles. The highest BCUT2D eigenvalue weighted by Gasteiger charge is 2.10. The van der Waals surface area contributed by atoms with Crippen molar-refractivity contribution in [3.05, 3.63) is 30.3 Å². The molecule has 0 bridgehead atoms. The molecule has 2 amide bonds. The van der Waals surface area contributed by atoms with Crippen LogP contribution in [-0.4, -0.2) is 38.6 Å². The fourth-order valence-electron chi connectivity index (χ4n) is 2.15. The summed E-state index contributed by atoms with van der Waals surface area (Å²) in [5.74, 6) is 0.430. The van der Waals surface area contributed by atoms with Crippen LogP contribution in [0.2, 0.25) is 0 Å². The molecule has 0 spiro atoms. The molecule has 2 N–H and O–H groups in total. The number of ether oxygens (including phenoxy) is 1. The Hall–Kier alpha value is -3.43. The van der Waals surface area contributed by atoms with Gasteiger partial charge in [-0.2, -0.15) is 9.90 Å². The van der Waals surface area contributed by atoms with E-state index in [4.69, 9.17) is 9.15 Å². The Morgan fingerprint density at radius 1 is 1.32 bits per heavy atom. The number of anilines is 2. The molecule has 0 aliphatic heterocycles. The molecule has 0 aliphatic carbocycles. The number of benzene rings is 1. The molecule has 0 unspecified atom stereocenters. The topological polar surface area (TPSA) is 124 Å². The first-order valence-electron chi connectivity index (χ1n) is 7.54. The van der Waals surface area contributed by atoms with E-state index in [2.05, 4.69) is 25.8 Å².